The van der Waals surface area contributed by atoms with Crippen molar-refractivity contribution in [1.82, 2.24) is 9.88 Å². The van der Waals surface area contributed by atoms with Crippen LogP contribution in [-0.2, 0) is 0 Å². The lowest BCUT2D eigenvalue weighted by atomic mass is 9.95. The van der Waals surface area contributed by atoms with Crippen molar-refractivity contribution in [2.45, 2.75) is 12.0 Å². The van der Waals surface area contributed by atoms with Crippen LogP contribution in [0.3, 0.4) is 0 Å². The number of hydrogen-bond donors (Lipinski definition) is 2. The van der Waals surface area contributed by atoms with E-state index in [2.05, 4.69) is 17.1 Å². The first-order valence-electron chi connectivity index (χ1n) is 6.49. The Morgan fingerprint density at radius 3 is 2.55 bits per heavy atom. The molecule has 5 heteroatoms. The molecule has 3 rings (SSSR count). The van der Waals surface area contributed by atoms with Gasteiger partial charge < -0.3 is 15.6 Å². The SMILES string of the molecule is Cl.N[C@@H]1CN(C(=O)c2ccc[nH]2)C[C@H]1c1ccccc1. The van der Waals surface area contributed by atoms with Gasteiger partial charge in [-0.2, -0.15) is 0 Å². The third-order valence-electron chi connectivity index (χ3n) is 3.71. The maximum atomic E-state index is 12.3. The number of carbonyl (C=O) groups excluding carboxylic acids is 1. The van der Waals surface area contributed by atoms with E-state index in [4.69, 9.17) is 5.73 Å². The maximum absolute atomic E-state index is 12.3. The molecule has 0 bridgehead atoms. The Bertz CT molecular complexity index is 556. The van der Waals surface area contributed by atoms with E-state index in [0.29, 0.717) is 18.8 Å². The Morgan fingerprint density at radius 1 is 1.15 bits per heavy atom. The molecule has 0 saturated carbocycles. The number of amides is 1. The standard InChI is InChI=1S/C15H17N3O.ClH/c16-13-10-18(15(19)14-7-4-8-17-14)9-12(13)11-5-2-1-3-6-11;/h1-8,12-13,17H,9-10,16H2;1H/t12-,13+;/m0./s1. The van der Waals surface area contributed by atoms with E-state index in [1.54, 1.807) is 12.3 Å². The lowest BCUT2D eigenvalue weighted by Crippen LogP contribution is -2.32. The van der Waals surface area contributed by atoms with E-state index in [-0.39, 0.29) is 30.3 Å². The Kier molecular flexibility index (Phi) is 4.47. The summed E-state index contributed by atoms with van der Waals surface area (Å²) in [5.41, 5.74) is 8.02. The second kappa shape index (κ2) is 6.11. The van der Waals surface area contributed by atoms with Crippen LogP contribution in [0, 0.1) is 0 Å². The van der Waals surface area contributed by atoms with Gasteiger partial charge in [0.1, 0.15) is 5.69 Å². The average Bonchev–Trinajstić information content (AvgIpc) is 3.08. The molecule has 3 N–H and O–H groups in total. The number of nitrogens with two attached hydrogens (primary N) is 1. The molecule has 106 valence electrons. The molecule has 1 amide bonds. The molecular formula is C15H18ClN3O. The molecule has 4 nitrogen and oxygen atoms in total. The highest BCUT2D eigenvalue weighted by Crippen LogP contribution is 2.27. The second-order valence-electron chi connectivity index (χ2n) is 4.97. The first-order valence-corrected chi connectivity index (χ1v) is 6.49. The van der Waals surface area contributed by atoms with Crippen molar-refractivity contribution in [2.24, 2.45) is 5.73 Å². The first-order chi connectivity index (χ1) is 9.25. The number of aromatic nitrogens is 1. The van der Waals surface area contributed by atoms with Gasteiger partial charge in [-0.15, -0.1) is 12.4 Å². The van der Waals surface area contributed by atoms with Gasteiger partial charge in [0.2, 0.25) is 0 Å². The lowest BCUT2D eigenvalue weighted by Gasteiger charge is -2.15. The number of likely N-dealkylation sites (tertiary alicyclic amines) is 1. The molecular weight excluding hydrogens is 274 g/mol. The van der Waals surface area contributed by atoms with Gasteiger partial charge in [0.25, 0.3) is 5.91 Å². The quantitative estimate of drug-likeness (QED) is 0.889. The third kappa shape index (κ3) is 2.71. The van der Waals surface area contributed by atoms with Crippen LogP contribution < -0.4 is 5.73 Å². The summed E-state index contributed by atoms with van der Waals surface area (Å²) in [4.78, 5) is 17.0. The van der Waals surface area contributed by atoms with Gasteiger partial charge >= 0.3 is 0 Å². The molecule has 1 aromatic heterocycles. The Balaban J connectivity index is 0.00000147. The predicted octanol–water partition coefficient (Wildman–Crippen LogP) is 2.00. The van der Waals surface area contributed by atoms with E-state index in [9.17, 15) is 4.79 Å². The molecule has 0 aliphatic carbocycles. The highest BCUT2D eigenvalue weighted by atomic mass is 35.5. The number of hydrogen-bond acceptors (Lipinski definition) is 2. The van der Waals surface area contributed by atoms with Crippen molar-refractivity contribution in [3.63, 3.8) is 0 Å². The Labute approximate surface area is 124 Å². The molecule has 1 fully saturated rings. The van der Waals surface area contributed by atoms with Crippen molar-refractivity contribution in [1.29, 1.82) is 0 Å². The van der Waals surface area contributed by atoms with E-state index >= 15 is 0 Å². The second-order valence-corrected chi connectivity index (χ2v) is 4.97. The van der Waals surface area contributed by atoms with E-state index in [1.807, 2.05) is 29.2 Å². The van der Waals surface area contributed by atoms with Crippen LogP contribution >= 0.6 is 12.4 Å². The predicted molar refractivity (Wildman–Crippen MR) is 81.1 cm³/mol. The molecule has 1 aliphatic heterocycles. The normalized spacial score (nSPS) is 21.6. The lowest BCUT2D eigenvalue weighted by molar-refractivity contribution is 0.0784. The van der Waals surface area contributed by atoms with Crippen LogP contribution in [0.2, 0.25) is 0 Å². The van der Waals surface area contributed by atoms with Crippen molar-refractivity contribution < 1.29 is 4.79 Å². The summed E-state index contributed by atoms with van der Waals surface area (Å²) < 4.78 is 0. The van der Waals surface area contributed by atoms with Crippen LogP contribution in [0.25, 0.3) is 0 Å². The minimum atomic E-state index is 0. The molecule has 1 aromatic carbocycles. The van der Waals surface area contributed by atoms with Crippen molar-refractivity contribution in [3.8, 4) is 0 Å². The fourth-order valence-corrected chi connectivity index (χ4v) is 2.68. The Hall–Kier alpha value is -1.78. The van der Waals surface area contributed by atoms with Gasteiger partial charge in [0, 0.05) is 31.2 Å². The van der Waals surface area contributed by atoms with Crippen molar-refractivity contribution in [3.05, 3.63) is 59.9 Å². The summed E-state index contributed by atoms with van der Waals surface area (Å²) in [6.07, 6.45) is 1.76. The van der Waals surface area contributed by atoms with Crippen molar-refractivity contribution in [2.75, 3.05) is 13.1 Å². The molecule has 1 saturated heterocycles. The van der Waals surface area contributed by atoms with Crippen LogP contribution in [0.1, 0.15) is 22.0 Å². The number of halogens is 1. The monoisotopic (exact) mass is 291 g/mol. The van der Waals surface area contributed by atoms with Gasteiger partial charge in [0.05, 0.1) is 0 Å². The molecule has 2 heterocycles. The summed E-state index contributed by atoms with van der Waals surface area (Å²) in [5, 5.41) is 0. The minimum Gasteiger partial charge on any atom is -0.357 e. The fraction of sp³-hybridized carbons (Fsp3) is 0.267. The first kappa shape index (κ1) is 14.6. The number of carbonyl (C=O) groups is 1. The molecule has 0 unspecified atom stereocenters. The van der Waals surface area contributed by atoms with Gasteiger partial charge in [-0.1, -0.05) is 30.3 Å². The number of H-pyrrole nitrogens is 1. The van der Waals surface area contributed by atoms with Crippen LogP contribution in [0.15, 0.2) is 48.7 Å². The topological polar surface area (TPSA) is 62.1 Å². The van der Waals surface area contributed by atoms with E-state index in [1.165, 1.54) is 5.56 Å². The van der Waals surface area contributed by atoms with Gasteiger partial charge in [-0.3, -0.25) is 4.79 Å². The summed E-state index contributed by atoms with van der Waals surface area (Å²) in [6, 6.07) is 13.8. The average molecular weight is 292 g/mol. The van der Waals surface area contributed by atoms with Crippen LogP contribution in [0.4, 0.5) is 0 Å². The summed E-state index contributed by atoms with van der Waals surface area (Å²) in [6.45, 7) is 1.29. The Morgan fingerprint density at radius 2 is 1.90 bits per heavy atom. The third-order valence-corrected chi connectivity index (χ3v) is 3.71. The molecule has 20 heavy (non-hydrogen) atoms. The molecule has 1 aliphatic rings. The highest BCUT2D eigenvalue weighted by molar-refractivity contribution is 5.92. The van der Waals surface area contributed by atoms with Crippen LogP contribution in [-0.4, -0.2) is 34.9 Å². The van der Waals surface area contributed by atoms with E-state index in [0.717, 1.165) is 0 Å². The maximum Gasteiger partial charge on any atom is 0.270 e. The number of nitrogens with zero attached hydrogens (tertiary/aromatic N) is 1. The highest BCUT2D eigenvalue weighted by Gasteiger charge is 2.34. The van der Waals surface area contributed by atoms with E-state index < -0.39 is 0 Å². The number of benzene rings is 1. The summed E-state index contributed by atoms with van der Waals surface area (Å²) >= 11 is 0. The molecule has 0 radical (unpaired) electrons. The zero-order valence-corrected chi connectivity index (χ0v) is 11.8. The fourth-order valence-electron chi connectivity index (χ4n) is 2.68. The largest absolute Gasteiger partial charge is 0.357 e. The zero-order chi connectivity index (χ0) is 13.2. The minimum absolute atomic E-state index is 0. The van der Waals surface area contributed by atoms with Crippen LogP contribution in [0.5, 0.6) is 0 Å². The number of nitrogens with one attached hydrogen (secondary N) is 1. The van der Waals surface area contributed by atoms with Gasteiger partial charge in [0.15, 0.2) is 0 Å². The smallest absolute Gasteiger partial charge is 0.270 e. The molecule has 2 aromatic rings. The summed E-state index contributed by atoms with van der Waals surface area (Å²) in [5.74, 6) is 0.249. The molecule has 2 atom stereocenters. The number of rotatable bonds is 2. The van der Waals surface area contributed by atoms with Crippen molar-refractivity contribution >= 4 is 18.3 Å². The number of aromatic amines is 1. The summed E-state index contributed by atoms with van der Waals surface area (Å²) in [7, 11) is 0. The van der Waals surface area contributed by atoms with Gasteiger partial charge in [-0.25, -0.2) is 0 Å². The molecule has 0 spiro atoms. The van der Waals surface area contributed by atoms with Gasteiger partial charge in [-0.05, 0) is 17.7 Å². The zero-order valence-electron chi connectivity index (χ0n) is 11.0.